The molecule has 1 amide bonds. The number of thioether (sulfide) groups is 1. The van der Waals surface area contributed by atoms with Gasteiger partial charge in [0.1, 0.15) is 0 Å². The quantitative estimate of drug-likeness (QED) is 0.679. The number of fused-ring (bicyclic) bond motifs is 2. The Morgan fingerprint density at radius 3 is 3.00 bits per heavy atom. The third kappa shape index (κ3) is 1.36. The lowest BCUT2D eigenvalue weighted by Gasteiger charge is -2.28. The summed E-state index contributed by atoms with van der Waals surface area (Å²) in [7, 11) is 0. The van der Waals surface area contributed by atoms with Gasteiger partial charge in [-0.05, 0) is 19.4 Å². The molecule has 3 saturated heterocycles. The molecule has 2 unspecified atom stereocenters. The molecule has 0 aromatic rings. The topological polar surface area (TPSA) is 32.3 Å². The number of rotatable bonds is 1. The molecule has 2 bridgehead atoms. The molecule has 3 atom stereocenters. The molecule has 0 radical (unpaired) electrons. The minimum absolute atomic E-state index is 0.277. The average molecular weight is 212 g/mol. The zero-order valence-electron chi connectivity index (χ0n) is 8.24. The highest BCUT2D eigenvalue weighted by Gasteiger charge is 2.42. The highest BCUT2D eigenvalue weighted by molar-refractivity contribution is 8.00. The van der Waals surface area contributed by atoms with Crippen molar-refractivity contribution < 1.29 is 4.79 Å². The van der Waals surface area contributed by atoms with Crippen LogP contribution in [0.15, 0.2) is 0 Å². The average Bonchev–Trinajstić information content (AvgIpc) is 2.93. The maximum absolute atomic E-state index is 12.1. The Balaban J connectivity index is 1.67. The van der Waals surface area contributed by atoms with Gasteiger partial charge in [0.2, 0.25) is 5.91 Å². The van der Waals surface area contributed by atoms with E-state index in [1.807, 2.05) is 11.8 Å². The van der Waals surface area contributed by atoms with Crippen LogP contribution in [0.4, 0.5) is 0 Å². The molecule has 3 aliphatic rings. The molecule has 78 valence electrons. The molecule has 3 fully saturated rings. The fraction of sp³-hybridized carbons (Fsp3) is 0.900. The number of carbonyl (C=O) groups excluding carboxylic acids is 1. The summed E-state index contributed by atoms with van der Waals surface area (Å²) in [6.07, 6.45) is 2.29. The Bertz CT molecular complexity index is 253. The number of carbonyl (C=O) groups is 1. The second-order valence-corrected chi connectivity index (χ2v) is 5.86. The van der Waals surface area contributed by atoms with E-state index in [1.54, 1.807) is 0 Å². The minimum atomic E-state index is 0.277. The van der Waals surface area contributed by atoms with Gasteiger partial charge in [0.05, 0.1) is 5.92 Å². The maximum atomic E-state index is 12.1. The first-order valence-electron chi connectivity index (χ1n) is 5.47. The van der Waals surface area contributed by atoms with Crippen molar-refractivity contribution in [2.75, 3.05) is 25.4 Å². The second kappa shape index (κ2) is 3.42. The molecule has 3 nitrogen and oxygen atoms in total. The van der Waals surface area contributed by atoms with Crippen LogP contribution < -0.4 is 5.32 Å². The van der Waals surface area contributed by atoms with Gasteiger partial charge < -0.3 is 10.2 Å². The van der Waals surface area contributed by atoms with E-state index in [4.69, 9.17) is 0 Å². The molecule has 0 aromatic carbocycles. The third-order valence-electron chi connectivity index (χ3n) is 3.59. The second-order valence-electron chi connectivity index (χ2n) is 4.53. The molecule has 0 saturated carbocycles. The maximum Gasteiger partial charge on any atom is 0.227 e. The molecule has 3 heterocycles. The first-order valence-corrected chi connectivity index (χ1v) is 6.52. The van der Waals surface area contributed by atoms with Gasteiger partial charge in [0.15, 0.2) is 0 Å². The van der Waals surface area contributed by atoms with E-state index in [0.717, 1.165) is 31.3 Å². The van der Waals surface area contributed by atoms with E-state index in [9.17, 15) is 4.79 Å². The lowest BCUT2D eigenvalue weighted by Crippen LogP contribution is -2.43. The molecule has 0 aromatic heterocycles. The van der Waals surface area contributed by atoms with Crippen LogP contribution in [-0.2, 0) is 4.79 Å². The zero-order valence-corrected chi connectivity index (χ0v) is 9.05. The van der Waals surface area contributed by atoms with E-state index in [1.165, 1.54) is 12.2 Å². The van der Waals surface area contributed by atoms with E-state index in [2.05, 4.69) is 10.2 Å². The van der Waals surface area contributed by atoms with Crippen LogP contribution in [0, 0.1) is 5.92 Å². The van der Waals surface area contributed by atoms with Gasteiger partial charge in [0.25, 0.3) is 0 Å². The summed E-state index contributed by atoms with van der Waals surface area (Å²) in [5.74, 6) is 1.87. The monoisotopic (exact) mass is 212 g/mol. The minimum Gasteiger partial charge on any atom is -0.337 e. The van der Waals surface area contributed by atoms with Crippen molar-refractivity contribution in [1.29, 1.82) is 0 Å². The molecule has 3 rings (SSSR count). The van der Waals surface area contributed by atoms with Gasteiger partial charge in [-0.2, -0.15) is 11.8 Å². The number of hydrogen-bond donors (Lipinski definition) is 1. The largest absolute Gasteiger partial charge is 0.337 e. The van der Waals surface area contributed by atoms with Crippen LogP contribution >= 0.6 is 11.8 Å². The van der Waals surface area contributed by atoms with Gasteiger partial charge in [-0.25, -0.2) is 0 Å². The Kier molecular flexibility index (Phi) is 2.21. The molecule has 1 N–H and O–H groups in total. The normalized spacial score (nSPS) is 40.9. The van der Waals surface area contributed by atoms with Gasteiger partial charge in [-0.1, -0.05) is 0 Å². The number of likely N-dealkylation sites (tertiary alicyclic amines) is 1. The third-order valence-corrected chi connectivity index (χ3v) is 4.98. The standard InChI is InChI=1S/C10H16N2OS/c13-10(7-1-2-11-4-7)12-5-9-3-8(12)6-14-9/h7-9,11H,1-6H2/t7-,8?,9?/m1/s1. The van der Waals surface area contributed by atoms with Crippen LogP contribution in [-0.4, -0.2) is 47.5 Å². The van der Waals surface area contributed by atoms with Gasteiger partial charge in [-0.15, -0.1) is 0 Å². The predicted molar refractivity (Wildman–Crippen MR) is 57.3 cm³/mol. The van der Waals surface area contributed by atoms with Crippen molar-refractivity contribution in [2.24, 2.45) is 5.92 Å². The number of amides is 1. The number of hydrogen-bond acceptors (Lipinski definition) is 3. The summed E-state index contributed by atoms with van der Waals surface area (Å²) in [5, 5.41) is 4.02. The molecule has 3 aliphatic heterocycles. The van der Waals surface area contributed by atoms with Gasteiger partial charge in [0, 0.05) is 30.1 Å². The van der Waals surface area contributed by atoms with Crippen molar-refractivity contribution in [3.8, 4) is 0 Å². The SMILES string of the molecule is O=C([C@@H]1CCNC1)N1CC2CC1CS2. The highest BCUT2D eigenvalue weighted by Crippen LogP contribution is 2.38. The lowest BCUT2D eigenvalue weighted by molar-refractivity contribution is -0.135. The van der Waals surface area contributed by atoms with E-state index < -0.39 is 0 Å². The van der Waals surface area contributed by atoms with Crippen molar-refractivity contribution in [2.45, 2.75) is 24.1 Å². The van der Waals surface area contributed by atoms with Gasteiger partial charge in [-0.3, -0.25) is 4.79 Å². The molecule has 14 heavy (non-hydrogen) atoms. The highest BCUT2D eigenvalue weighted by atomic mass is 32.2. The Hall–Kier alpha value is -0.220. The fourth-order valence-corrected chi connectivity index (χ4v) is 4.20. The zero-order chi connectivity index (χ0) is 9.54. The van der Waals surface area contributed by atoms with E-state index in [-0.39, 0.29) is 5.92 Å². The van der Waals surface area contributed by atoms with Crippen molar-refractivity contribution in [1.82, 2.24) is 10.2 Å². The first-order chi connectivity index (χ1) is 6.84. The Morgan fingerprint density at radius 1 is 1.50 bits per heavy atom. The van der Waals surface area contributed by atoms with Crippen LogP contribution in [0.25, 0.3) is 0 Å². The molecule has 4 heteroatoms. The summed E-state index contributed by atoms with van der Waals surface area (Å²) in [6, 6.07) is 0.568. The van der Waals surface area contributed by atoms with E-state index >= 15 is 0 Å². The number of nitrogens with zero attached hydrogens (tertiary/aromatic N) is 1. The molecular weight excluding hydrogens is 196 g/mol. The van der Waals surface area contributed by atoms with Crippen molar-refractivity contribution in [3.05, 3.63) is 0 Å². The summed E-state index contributed by atoms with van der Waals surface area (Å²) >= 11 is 2.05. The summed E-state index contributed by atoms with van der Waals surface area (Å²) in [5.41, 5.74) is 0. The molecule has 0 spiro atoms. The summed E-state index contributed by atoms with van der Waals surface area (Å²) in [6.45, 7) is 2.94. The molecular formula is C10H16N2OS. The van der Waals surface area contributed by atoms with Crippen LogP contribution in [0.5, 0.6) is 0 Å². The Labute approximate surface area is 88.6 Å². The van der Waals surface area contributed by atoms with Crippen LogP contribution in [0.2, 0.25) is 0 Å². The van der Waals surface area contributed by atoms with Crippen LogP contribution in [0.1, 0.15) is 12.8 Å². The first kappa shape index (κ1) is 9.04. The smallest absolute Gasteiger partial charge is 0.227 e. The van der Waals surface area contributed by atoms with Crippen LogP contribution in [0.3, 0.4) is 0 Å². The molecule has 0 aliphatic carbocycles. The summed E-state index contributed by atoms with van der Waals surface area (Å²) in [4.78, 5) is 14.3. The van der Waals surface area contributed by atoms with Gasteiger partial charge >= 0.3 is 0 Å². The van der Waals surface area contributed by atoms with Crippen molar-refractivity contribution in [3.63, 3.8) is 0 Å². The predicted octanol–water partition coefficient (Wildman–Crippen LogP) is 0.312. The van der Waals surface area contributed by atoms with E-state index in [0.29, 0.717) is 11.9 Å². The fourth-order valence-electron chi connectivity index (χ4n) is 2.77. The van der Waals surface area contributed by atoms with Crippen molar-refractivity contribution >= 4 is 17.7 Å². The number of nitrogens with one attached hydrogen (secondary N) is 1. The Morgan fingerprint density at radius 2 is 2.43 bits per heavy atom. The lowest BCUT2D eigenvalue weighted by atomic mass is 10.1. The summed E-state index contributed by atoms with van der Waals surface area (Å²) < 4.78 is 0.